The summed E-state index contributed by atoms with van der Waals surface area (Å²) in [7, 11) is 1.79. The molecule has 1 N–H and O–H groups in total. The number of nitrogens with zero attached hydrogens (tertiary/aromatic N) is 3. The van der Waals surface area contributed by atoms with E-state index in [0.29, 0.717) is 18.6 Å². The number of H-pyrrole nitrogens is 1. The molecule has 0 saturated heterocycles. The fourth-order valence-electron chi connectivity index (χ4n) is 5.19. The molecule has 0 fully saturated rings. The first-order chi connectivity index (χ1) is 18.5. The lowest BCUT2D eigenvalue weighted by atomic mass is 9.75. The Morgan fingerprint density at radius 2 is 1.97 bits per heavy atom. The van der Waals surface area contributed by atoms with E-state index in [1.165, 1.54) is 7.11 Å². The van der Waals surface area contributed by atoms with Gasteiger partial charge in [-0.15, -0.1) is 0 Å². The van der Waals surface area contributed by atoms with Crippen LogP contribution in [0.1, 0.15) is 42.3 Å². The minimum atomic E-state index is -1.29. The summed E-state index contributed by atoms with van der Waals surface area (Å²) in [4.78, 5) is 20.9. The van der Waals surface area contributed by atoms with Crippen molar-refractivity contribution in [3.05, 3.63) is 59.0 Å². The van der Waals surface area contributed by atoms with Crippen molar-refractivity contribution >= 4 is 36.0 Å². The molecule has 0 radical (unpaired) electrons. The molecular formula is C30H38N4O4Si. The van der Waals surface area contributed by atoms with Gasteiger partial charge in [0.25, 0.3) is 0 Å². The maximum Gasteiger partial charge on any atom is 0.305 e. The highest BCUT2D eigenvalue weighted by Crippen LogP contribution is 2.46. The van der Waals surface area contributed by atoms with Crippen molar-refractivity contribution in [1.82, 2.24) is 14.5 Å². The molecule has 0 aliphatic heterocycles. The summed E-state index contributed by atoms with van der Waals surface area (Å²) in [6.45, 7) is 12.0. The van der Waals surface area contributed by atoms with Crippen LogP contribution < -0.4 is 4.74 Å². The van der Waals surface area contributed by atoms with Gasteiger partial charge in [-0.1, -0.05) is 19.6 Å². The molecule has 0 aliphatic carbocycles. The summed E-state index contributed by atoms with van der Waals surface area (Å²) in [5, 5.41) is 10.6. The van der Waals surface area contributed by atoms with Crippen molar-refractivity contribution in [3.63, 3.8) is 0 Å². The monoisotopic (exact) mass is 546 g/mol. The van der Waals surface area contributed by atoms with E-state index in [4.69, 9.17) is 19.2 Å². The molecule has 0 bridgehead atoms. The Hall–Kier alpha value is -3.61. The molecule has 2 heterocycles. The molecule has 0 saturated carbocycles. The number of esters is 1. The number of imidazole rings is 1. The van der Waals surface area contributed by atoms with Gasteiger partial charge < -0.3 is 23.8 Å². The Balaban J connectivity index is 1.96. The number of hydrogen-bond acceptors (Lipinski definition) is 6. The number of nitriles is 1. The molecule has 1 unspecified atom stereocenters. The molecule has 2 aromatic carbocycles. The predicted octanol–water partition coefficient (Wildman–Crippen LogP) is 6.28. The number of nitrogens with one attached hydrogen (secondary N) is 1. The van der Waals surface area contributed by atoms with Crippen LogP contribution >= 0.6 is 0 Å². The molecule has 206 valence electrons. The Morgan fingerprint density at radius 3 is 2.64 bits per heavy atom. The molecule has 8 nitrogen and oxygen atoms in total. The van der Waals surface area contributed by atoms with Crippen LogP contribution in [-0.4, -0.2) is 49.4 Å². The molecule has 4 aromatic rings. The van der Waals surface area contributed by atoms with E-state index in [9.17, 15) is 10.1 Å². The summed E-state index contributed by atoms with van der Waals surface area (Å²) in [6.07, 6.45) is 2.55. The standard InChI is InChI=1S/C30H38N4O4Si/c1-20-16-25(36-3)27(22-11-13-32-28(20)22)30(2,12-10-26(35)37-4)29-33-23-9-8-21(18-31)17-24(23)34(29)19-38-14-15-39(5,6)7/h8-9,11,13,16-17,32H,10,12,14-15,19H2,1-7H3. The lowest BCUT2D eigenvalue weighted by Crippen LogP contribution is -2.31. The summed E-state index contributed by atoms with van der Waals surface area (Å²) in [5.41, 5.74) is 4.38. The van der Waals surface area contributed by atoms with E-state index < -0.39 is 13.5 Å². The molecule has 0 spiro atoms. The summed E-state index contributed by atoms with van der Waals surface area (Å²) < 4.78 is 19.3. The van der Waals surface area contributed by atoms with Gasteiger partial charge in [-0.3, -0.25) is 4.79 Å². The van der Waals surface area contributed by atoms with E-state index in [1.54, 1.807) is 13.2 Å². The minimum Gasteiger partial charge on any atom is -0.496 e. The number of hydrogen-bond donors (Lipinski definition) is 1. The van der Waals surface area contributed by atoms with Crippen LogP contribution in [0.15, 0.2) is 36.5 Å². The maximum atomic E-state index is 12.4. The van der Waals surface area contributed by atoms with Crippen LogP contribution in [0, 0.1) is 18.3 Å². The van der Waals surface area contributed by atoms with Crippen LogP contribution in [0.5, 0.6) is 5.75 Å². The molecule has 4 rings (SSSR count). The SMILES string of the molecule is COC(=O)CCC(C)(c1c(OC)cc(C)c2[nH]ccc12)c1nc2ccc(C#N)cc2n1COCC[Si](C)(C)C. The van der Waals surface area contributed by atoms with Gasteiger partial charge in [-0.25, -0.2) is 4.98 Å². The normalized spacial score (nSPS) is 13.4. The van der Waals surface area contributed by atoms with E-state index in [2.05, 4.69) is 42.2 Å². The number of carbonyl (C=O) groups excluding carboxylic acids is 1. The van der Waals surface area contributed by atoms with Crippen molar-refractivity contribution in [2.45, 2.75) is 64.5 Å². The van der Waals surface area contributed by atoms with Gasteiger partial charge in [-0.05, 0) is 62.2 Å². The topological polar surface area (TPSA) is 102 Å². The number of carbonyl (C=O) groups is 1. The van der Waals surface area contributed by atoms with Gasteiger partial charge in [-0.2, -0.15) is 5.26 Å². The lowest BCUT2D eigenvalue weighted by Gasteiger charge is -2.32. The van der Waals surface area contributed by atoms with Crippen molar-refractivity contribution in [1.29, 1.82) is 5.26 Å². The second-order valence-corrected chi connectivity index (χ2v) is 17.1. The first-order valence-corrected chi connectivity index (χ1v) is 16.9. The Kier molecular flexibility index (Phi) is 8.19. The van der Waals surface area contributed by atoms with Crippen molar-refractivity contribution in [2.24, 2.45) is 0 Å². The number of methoxy groups -OCH3 is 2. The highest BCUT2D eigenvalue weighted by Gasteiger charge is 2.39. The number of rotatable bonds is 11. The van der Waals surface area contributed by atoms with Gasteiger partial charge in [0.15, 0.2) is 0 Å². The number of aromatic amines is 1. The number of ether oxygens (including phenoxy) is 3. The number of fused-ring (bicyclic) bond motifs is 2. The molecule has 0 aliphatic rings. The fraction of sp³-hybridized carbons (Fsp3) is 0.433. The summed E-state index contributed by atoms with van der Waals surface area (Å²) in [6, 6.07) is 12.8. The molecule has 2 aromatic heterocycles. The third kappa shape index (κ3) is 5.72. The smallest absolute Gasteiger partial charge is 0.305 e. The van der Waals surface area contributed by atoms with Crippen LogP contribution in [0.4, 0.5) is 0 Å². The van der Waals surface area contributed by atoms with E-state index in [0.717, 1.165) is 50.7 Å². The van der Waals surface area contributed by atoms with Crippen molar-refractivity contribution in [2.75, 3.05) is 20.8 Å². The van der Waals surface area contributed by atoms with Gasteiger partial charge >= 0.3 is 5.97 Å². The predicted molar refractivity (Wildman–Crippen MR) is 156 cm³/mol. The third-order valence-electron chi connectivity index (χ3n) is 7.42. The van der Waals surface area contributed by atoms with Crippen molar-refractivity contribution in [3.8, 4) is 11.8 Å². The first kappa shape index (κ1) is 28.4. The second kappa shape index (κ2) is 11.2. The quantitative estimate of drug-likeness (QED) is 0.135. The van der Waals surface area contributed by atoms with E-state index in [-0.39, 0.29) is 19.1 Å². The number of aryl methyl sites for hydroxylation is 1. The zero-order chi connectivity index (χ0) is 28.4. The highest BCUT2D eigenvalue weighted by atomic mass is 28.3. The molecule has 39 heavy (non-hydrogen) atoms. The molecule has 9 heteroatoms. The van der Waals surface area contributed by atoms with E-state index >= 15 is 0 Å². The summed E-state index contributed by atoms with van der Waals surface area (Å²) >= 11 is 0. The number of benzene rings is 2. The maximum absolute atomic E-state index is 12.4. The average Bonchev–Trinajstić information content (AvgIpc) is 3.54. The zero-order valence-corrected chi connectivity index (χ0v) is 25.0. The zero-order valence-electron chi connectivity index (χ0n) is 24.0. The van der Waals surface area contributed by atoms with Gasteiger partial charge in [0.05, 0.1) is 42.3 Å². The van der Waals surface area contributed by atoms with E-state index in [1.807, 2.05) is 37.4 Å². The first-order valence-electron chi connectivity index (χ1n) is 13.2. The van der Waals surface area contributed by atoms with Crippen LogP contribution in [0.2, 0.25) is 25.7 Å². The fourth-order valence-corrected chi connectivity index (χ4v) is 5.95. The Labute approximate surface area is 230 Å². The second-order valence-electron chi connectivity index (χ2n) is 11.5. The average molecular weight is 547 g/mol. The van der Waals surface area contributed by atoms with Crippen molar-refractivity contribution < 1.29 is 19.0 Å². The highest BCUT2D eigenvalue weighted by molar-refractivity contribution is 6.76. The molecule has 0 amide bonds. The minimum absolute atomic E-state index is 0.194. The summed E-state index contributed by atoms with van der Waals surface area (Å²) in [5.74, 6) is 1.18. The van der Waals surface area contributed by atoms with Gasteiger partial charge in [0.2, 0.25) is 0 Å². The Morgan fingerprint density at radius 1 is 1.21 bits per heavy atom. The lowest BCUT2D eigenvalue weighted by molar-refractivity contribution is -0.140. The van der Waals surface area contributed by atoms with Crippen LogP contribution in [-0.2, 0) is 26.4 Å². The van der Waals surface area contributed by atoms with Crippen LogP contribution in [0.25, 0.3) is 21.9 Å². The van der Waals surface area contributed by atoms with Crippen LogP contribution in [0.3, 0.4) is 0 Å². The van der Waals surface area contributed by atoms with Gasteiger partial charge in [0.1, 0.15) is 18.3 Å². The van der Waals surface area contributed by atoms with Gasteiger partial charge in [0, 0.05) is 43.8 Å². The molecule has 1 atom stereocenters. The third-order valence-corrected chi connectivity index (χ3v) is 9.12. The Bertz CT molecular complexity index is 1540. The number of aromatic nitrogens is 3. The molecular weight excluding hydrogens is 508 g/mol. The largest absolute Gasteiger partial charge is 0.496 e.